The van der Waals surface area contributed by atoms with Crippen LogP contribution >= 0.6 is 0 Å². The average Bonchev–Trinajstić information content (AvgIpc) is 2.33. The molecule has 0 amide bonds. The number of piperidine rings is 1. The Hall–Kier alpha value is -1.29. The number of halogens is 1. The summed E-state index contributed by atoms with van der Waals surface area (Å²) < 4.78 is 18.6. The standard InChI is InChI=1S/C12H16FNO2/c1-16-12-8(5-6-10(15)11(12)13)9-4-2-3-7-14-9/h5-6,9,14-15H,2-4,7H2,1H3. The molecule has 0 saturated carbocycles. The highest BCUT2D eigenvalue weighted by molar-refractivity contribution is 5.43. The highest BCUT2D eigenvalue weighted by atomic mass is 19.1. The summed E-state index contributed by atoms with van der Waals surface area (Å²) in [5, 5.41) is 12.6. The topological polar surface area (TPSA) is 41.5 Å². The molecule has 3 nitrogen and oxygen atoms in total. The number of hydrogen-bond donors (Lipinski definition) is 2. The van der Waals surface area contributed by atoms with Gasteiger partial charge in [0, 0.05) is 11.6 Å². The molecule has 0 spiro atoms. The van der Waals surface area contributed by atoms with E-state index in [0.717, 1.165) is 31.4 Å². The van der Waals surface area contributed by atoms with Crippen LogP contribution < -0.4 is 10.1 Å². The number of aromatic hydroxyl groups is 1. The van der Waals surface area contributed by atoms with Crippen LogP contribution in [0.5, 0.6) is 11.5 Å². The zero-order chi connectivity index (χ0) is 11.5. The number of nitrogens with one attached hydrogen (secondary N) is 1. The third-order valence-corrected chi connectivity index (χ3v) is 3.00. The van der Waals surface area contributed by atoms with Crippen molar-refractivity contribution in [1.82, 2.24) is 5.32 Å². The van der Waals surface area contributed by atoms with Gasteiger partial charge in [-0.15, -0.1) is 0 Å². The van der Waals surface area contributed by atoms with Crippen LogP contribution in [-0.2, 0) is 0 Å². The zero-order valence-electron chi connectivity index (χ0n) is 9.29. The molecule has 0 aromatic heterocycles. The SMILES string of the molecule is COc1c(C2CCCCN2)ccc(O)c1F. The Labute approximate surface area is 94.2 Å². The van der Waals surface area contributed by atoms with Crippen molar-refractivity contribution >= 4 is 0 Å². The number of rotatable bonds is 2. The zero-order valence-corrected chi connectivity index (χ0v) is 9.29. The van der Waals surface area contributed by atoms with Gasteiger partial charge in [-0.2, -0.15) is 4.39 Å². The predicted molar refractivity (Wildman–Crippen MR) is 59.2 cm³/mol. The van der Waals surface area contributed by atoms with Crippen LogP contribution in [0.25, 0.3) is 0 Å². The van der Waals surface area contributed by atoms with Crippen molar-refractivity contribution < 1.29 is 14.2 Å². The van der Waals surface area contributed by atoms with Gasteiger partial charge in [0.1, 0.15) is 0 Å². The summed E-state index contributed by atoms with van der Waals surface area (Å²) in [6.07, 6.45) is 3.25. The Balaban J connectivity index is 2.35. The third-order valence-electron chi connectivity index (χ3n) is 3.00. The second kappa shape index (κ2) is 4.70. The number of benzene rings is 1. The molecule has 0 radical (unpaired) electrons. The molecular weight excluding hydrogens is 209 g/mol. The van der Waals surface area contributed by atoms with Gasteiger partial charge in [0.15, 0.2) is 11.5 Å². The third kappa shape index (κ3) is 1.97. The number of phenols is 1. The summed E-state index contributed by atoms with van der Waals surface area (Å²) >= 11 is 0. The van der Waals surface area contributed by atoms with E-state index in [2.05, 4.69) is 5.32 Å². The first-order valence-electron chi connectivity index (χ1n) is 5.52. The fourth-order valence-corrected chi connectivity index (χ4v) is 2.16. The highest BCUT2D eigenvalue weighted by Crippen LogP contribution is 2.35. The minimum atomic E-state index is -0.674. The summed E-state index contributed by atoms with van der Waals surface area (Å²) in [5.74, 6) is -0.886. The van der Waals surface area contributed by atoms with Crippen LogP contribution in [0.3, 0.4) is 0 Å². The molecule has 88 valence electrons. The minimum Gasteiger partial charge on any atom is -0.505 e. The van der Waals surface area contributed by atoms with Crippen molar-refractivity contribution in [3.63, 3.8) is 0 Å². The molecule has 4 heteroatoms. The molecule has 1 unspecified atom stereocenters. The number of ether oxygens (including phenoxy) is 1. The van der Waals surface area contributed by atoms with Crippen molar-refractivity contribution in [3.05, 3.63) is 23.5 Å². The Morgan fingerprint density at radius 3 is 2.88 bits per heavy atom. The Morgan fingerprint density at radius 1 is 1.44 bits per heavy atom. The molecule has 1 aromatic rings. The van der Waals surface area contributed by atoms with Gasteiger partial charge in [0.25, 0.3) is 0 Å². The van der Waals surface area contributed by atoms with Crippen LogP contribution in [0.1, 0.15) is 30.9 Å². The van der Waals surface area contributed by atoms with E-state index in [1.165, 1.54) is 13.2 Å². The summed E-state index contributed by atoms with van der Waals surface area (Å²) in [4.78, 5) is 0. The lowest BCUT2D eigenvalue weighted by Crippen LogP contribution is -2.27. The molecule has 16 heavy (non-hydrogen) atoms. The number of hydrogen-bond acceptors (Lipinski definition) is 3. The van der Waals surface area contributed by atoms with E-state index >= 15 is 0 Å². The number of phenolic OH excluding ortho intramolecular Hbond substituents is 1. The molecule has 1 aromatic carbocycles. The molecule has 1 fully saturated rings. The van der Waals surface area contributed by atoms with Gasteiger partial charge in [-0.3, -0.25) is 0 Å². The lowest BCUT2D eigenvalue weighted by Gasteiger charge is -2.25. The Kier molecular flexibility index (Phi) is 3.29. The molecule has 0 bridgehead atoms. The van der Waals surface area contributed by atoms with E-state index in [0.29, 0.717) is 0 Å². The van der Waals surface area contributed by atoms with Crippen molar-refractivity contribution in [2.24, 2.45) is 0 Å². The van der Waals surface area contributed by atoms with Crippen molar-refractivity contribution in [2.45, 2.75) is 25.3 Å². The van der Waals surface area contributed by atoms with Gasteiger partial charge in [0.05, 0.1) is 7.11 Å². The van der Waals surface area contributed by atoms with Crippen molar-refractivity contribution in [3.8, 4) is 11.5 Å². The second-order valence-electron chi connectivity index (χ2n) is 4.02. The summed E-state index contributed by atoms with van der Waals surface area (Å²) in [6, 6.07) is 3.22. The van der Waals surface area contributed by atoms with Gasteiger partial charge in [-0.1, -0.05) is 6.42 Å². The lowest BCUT2D eigenvalue weighted by molar-refractivity contribution is 0.342. The van der Waals surface area contributed by atoms with E-state index in [1.54, 1.807) is 6.07 Å². The quantitative estimate of drug-likeness (QED) is 0.811. The van der Waals surface area contributed by atoms with E-state index in [4.69, 9.17) is 4.74 Å². The maximum Gasteiger partial charge on any atom is 0.206 e. The summed E-state index contributed by atoms with van der Waals surface area (Å²) in [5.41, 5.74) is 0.789. The molecular formula is C12H16FNO2. The van der Waals surface area contributed by atoms with Crippen LogP contribution in [0.2, 0.25) is 0 Å². The van der Waals surface area contributed by atoms with Crippen LogP contribution in [0.4, 0.5) is 4.39 Å². The van der Waals surface area contributed by atoms with Crippen LogP contribution in [-0.4, -0.2) is 18.8 Å². The molecule has 1 atom stereocenters. The van der Waals surface area contributed by atoms with Crippen LogP contribution in [0.15, 0.2) is 12.1 Å². The van der Waals surface area contributed by atoms with Crippen LogP contribution in [0, 0.1) is 5.82 Å². The average molecular weight is 225 g/mol. The lowest BCUT2D eigenvalue weighted by atomic mass is 9.96. The van der Waals surface area contributed by atoms with Gasteiger partial charge in [-0.05, 0) is 31.5 Å². The van der Waals surface area contributed by atoms with Gasteiger partial charge >= 0.3 is 0 Å². The van der Waals surface area contributed by atoms with E-state index in [1.807, 2.05) is 0 Å². The summed E-state index contributed by atoms with van der Waals surface area (Å²) in [6.45, 7) is 0.941. The molecule has 1 aliphatic rings. The first kappa shape index (κ1) is 11.2. The molecule has 1 aliphatic heterocycles. The van der Waals surface area contributed by atoms with Crippen molar-refractivity contribution in [1.29, 1.82) is 0 Å². The van der Waals surface area contributed by atoms with Crippen molar-refractivity contribution in [2.75, 3.05) is 13.7 Å². The fourth-order valence-electron chi connectivity index (χ4n) is 2.16. The van der Waals surface area contributed by atoms with E-state index in [-0.39, 0.29) is 17.5 Å². The predicted octanol–water partition coefficient (Wildman–Crippen LogP) is 2.35. The van der Waals surface area contributed by atoms with Gasteiger partial charge < -0.3 is 15.2 Å². The van der Waals surface area contributed by atoms with E-state index in [9.17, 15) is 9.50 Å². The van der Waals surface area contributed by atoms with E-state index < -0.39 is 5.82 Å². The Bertz CT molecular complexity index is 376. The monoisotopic (exact) mass is 225 g/mol. The minimum absolute atomic E-state index is 0.124. The number of methoxy groups -OCH3 is 1. The normalized spacial score (nSPS) is 20.8. The smallest absolute Gasteiger partial charge is 0.206 e. The Morgan fingerprint density at radius 2 is 2.25 bits per heavy atom. The highest BCUT2D eigenvalue weighted by Gasteiger charge is 2.22. The largest absolute Gasteiger partial charge is 0.505 e. The molecule has 2 N–H and O–H groups in total. The second-order valence-corrected chi connectivity index (χ2v) is 4.02. The molecule has 0 aliphatic carbocycles. The fraction of sp³-hybridized carbons (Fsp3) is 0.500. The maximum absolute atomic E-state index is 13.6. The summed E-state index contributed by atoms with van der Waals surface area (Å²) in [7, 11) is 1.42. The molecule has 2 rings (SSSR count). The first-order chi connectivity index (χ1) is 7.74. The maximum atomic E-state index is 13.6. The first-order valence-corrected chi connectivity index (χ1v) is 5.52. The van der Waals surface area contributed by atoms with Gasteiger partial charge in [-0.25, -0.2) is 0 Å². The van der Waals surface area contributed by atoms with Gasteiger partial charge in [0.2, 0.25) is 5.82 Å². The molecule has 1 heterocycles. The molecule has 1 saturated heterocycles.